The van der Waals surface area contributed by atoms with Crippen LogP contribution in [0.15, 0.2) is 12.3 Å². The van der Waals surface area contributed by atoms with Gasteiger partial charge in [-0.15, -0.1) is 0 Å². The Morgan fingerprint density at radius 2 is 2.00 bits per heavy atom. The molecule has 1 aliphatic rings. The molecule has 2 aromatic rings. The Labute approximate surface area is 221 Å². The zero-order valence-electron chi connectivity index (χ0n) is 21.3. The summed E-state index contributed by atoms with van der Waals surface area (Å²) >= 11 is -0.750. The number of methoxy groups -OCH3 is 1. The zero-order valence-corrected chi connectivity index (χ0v) is 22.1. The number of aryl methyl sites for hydroxylation is 2. The number of alkyl halides is 3. The molecule has 3 rings (SSSR count). The van der Waals surface area contributed by atoms with Crippen molar-refractivity contribution >= 4 is 17.5 Å². The van der Waals surface area contributed by atoms with E-state index in [4.69, 9.17) is 13.2 Å². The number of hydrogen-bond donors (Lipinski definition) is 2. The second-order valence-electron chi connectivity index (χ2n) is 9.15. The van der Waals surface area contributed by atoms with Gasteiger partial charge in [-0.1, -0.05) is 13.8 Å². The molecule has 0 aromatic carbocycles. The highest BCUT2D eigenvalue weighted by atomic mass is 32.1. The predicted octanol–water partition coefficient (Wildman–Crippen LogP) is 3.21. The van der Waals surface area contributed by atoms with Gasteiger partial charge in [0.1, 0.15) is 23.3 Å². The molecule has 1 amide bonds. The highest BCUT2D eigenvalue weighted by molar-refractivity contribution is 7.51. The van der Waals surface area contributed by atoms with Gasteiger partial charge in [-0.3, -0.25) is 14.3 Å². The van der Waals surface area contributed by atoms with Crippen molar-refractivity contribution in [2.24, 2.45) is 5.92 Å². The monoisotopic (exact) mass is 557 g/mol. The van der Waals surface area contributed by atoms with E-state index in [9.17, 15) is 28.3 Å². The van der Waals surface area contributed by atoms with Gasteiger partial charge in [-0.25, -0.2) is 4.98 Å². The number of halogens is 3. The summed E-state index contributed by atoms with van der Waals surface area (Å²) in [5.41, 5.74) is -0.660. The van der Waals surface area contributed by atoms with E-state index in [0.29, 0.717) is 36.7 Å². The molecule has 0 radical (unpaired) electrons. The standard InChI is InChI=1S/C24H30F3N5O3.O2S/c1-4-20-31-21(22(33)30-14-23(34)8-5-15(2)6-9-23)17(12-28)32(20)18-13-29-16(11-19(18)35-3)7-10-24(25,26)27;1-3-2/h11,13,15,34H,4-10,14H2,1-3H3,(H,30,33);. The lowest BCUT2D eigenvalue weighted by Crippen LogP contribution is -2.45. The van der Waals surface area contributed by atoms with Gasteiger partial charge >= 0.3 is 17.7 Å². The van der Waals surface area contributed by atoms with E-state index in [0.717, 1.165) is 12.8 Å². The Balaban J connectivity index is 0.00000161. The summed E-state index contributed by atoms with van der Waals surface area (Å²) in [4.78, 5) is 21.4. The molecule has 2 N–H and O–H groups in total. The van der Waals surface area contributed by atoms with Crippen molar-refractivity contribution in [1.29, 1.82) is 5.26 Å². The average Bonchev–Trinajstić information content (AvgIpc) is 3.26. The van der Waals surface area contributed by atoms with Crippen LogP contribution in [0.4, 0.5) is 13.2 Å². The van der Waals surface area contributed by atoms with Gasteiger partial charge in [-0.05, 0) is 38.0 Å². The Bertz CT molecular complexity index is 1200. The third-order valence-corrected chi connectivity index (χ3v) is 6.40. The number of aromatic nitrogens is 3. The fourth-order valence-electron chi connectivity index (χ4n) is 4.24. The van der Waals surface area contributed by atoms with Crippen LogP contribution in [0.1, 0.15) is 73.7 Å². The number of ether oxygens (including phenoxy) is 1. The number of nitrogens with zero attached hydrogens (tertiary/aromatic N) is 4. The molecular formula is C24H30F3N5O5S. The van der Waals surface area contributed by atoms with Crippen molar-refractivity contribution in [2.75, 3.05) is 13.7 Å². The molecule has 0 saturated heterocycles. The zero-order chi connectivity index (χ0) is 28.5. The molecule has 0 unspecified atom stereocenters. The fraction of sp³-hybridized carbons (Fsp3) is 0.583. The Morgan fingerprint density at radius 1 is 1.37 bits per heavy atom. The lowest BCUT2D eigenvalue weighted by Gasteiger charge is -2.34. The Kier molecular flexibility index (Phi) is 11.0. The molecule has 0 aliphatic heterocycles. The number of nitrogens with one attached hydrogen (secondary N) is 1. The lowest BCUT2D eigenvalue weighted by molar-refractivity contribution is -0.134. The molecule has 208 valence electrons. The molecule has 1 aliphatic carbocycles. The predicted molar refractivity (Wildman–Crippen MR) is 130 cm³/mol. The quantitative estimate of drug-likeness (QED) is 0.503. The van der Waals surface area contributed by atoms with E-state index in [1.165, 1.54) is 23.9 Å². The van der Waals surface area contributed by atoms with Crippen molar-refractivity contribution in [3.05, 3.63) is 35.2 Å². The van der Waals surface area contributed by atoms with Crippen molar-refractivity contribution in [3.8, 4) is 17.5 Å². The topological polar surface area (TPSA) is 147 Å². The summed E-state index contributed by atoms with van der Waals surface area (Å²) in [7, 11) is 1.36. The normalized spacial score (nSPS) is 19.1. The van der Waals surface area contributed by atoms with E-state index in [2.05, 4.69) is 22.2 Å². The van der Waals surface area contributed by atoms with Crippen molar-refractivity contribution in [1.82, 2.24) is 19.9 Å². The average molecular weight is 558 g/mol. The smallest absolute Gasteiger partial charge is 0.389 e. The molecule has 38 heavy (non-hydrogen) atoms. The van der Waals surface area contributed by atoms with Gasteiger partial charge in [0.25, 0.3) is 5.91 Å². The molecule has 2 aromatic heterocycles. The maximum absolute atomic E-state index is 13.0. The highest BCUT2D eigenvalue weighted by Crippen LogP contribution is 2.32. The first-order valence-corrected chi connectivity index (χ1v) is 12.6. The van der Waals surface area contributed by atoms with Crippen LogP contribution in [-0.4, -0.2) is 59.4 Å². The molecule has 1 saturated carbocycles. The number of hydrogen-bond acceptors (Lipinski definition) is 8. The van der Waals surface area contributed by atoms with Gasteiger partial charge in [0.2, 0.25) is 0 Å². The third kappa shape index (κ3) is 8.09. The second kappa shape index (κ2) is 13.5. The van der Waals surface area contributed by atoms with Crippen LogP contribution < -0.4 is 10.1 Å². The number of nitriles is 1. The summed E-state index contributed by atoms with van der Waals surface area (Å²) in [5, 5.41) is 23.4. The first-order valence-electron chi connectivity index (χ1n) is 12.0. The number of pyridine rings is 1. The lowest BCUT2D eigenvalue weighted by atomic mass is 9.79. The maximum Gasteiger partial charge on any atom is 0.389 e. The van der Waals surface area contributed by atoms with E-state index in [1.54, 1.807) is 6.92 Å². The van der Waals surface area contributed by atoms with Crippen LogP contribution in [0.5, 0.6) is 5.75 Å². The van der Waals surface area contributed by atoms with Crippen molar-refractivity contribution < 1.29 is 36.2 Å². The third-order valence-electron chi connectivity index (χ3n) is 6.40. The largest absolute Gasteiger partial charge is 0.494 e. The van der Waals surface area contributed by atoms with E-state index in [1.807, 2.05) is 6.07 Å². The van der Waals surface area contributed by atoms with Crippen LogP contribution >= 0.6 is 0 Å². The molecule has 0 spiro atoms. The van der Waals surface area contributed by atoms with Crippen molar-refractivity contribution in [2.45, 2.75) is 70.6 Å². The van der Waals surface area contributed by atoms with E-state index in [-0.39, 0.29) is 35.8 Å². The number of amides is 1. The Morgan fingerprint density at radius 3 is 2.53 bits per heavy atom. The van der Waals surface area contributed by atoms with Gasteiger partial charge in [0.05, 0.1) is 18.9 Å². The molecular weight excluding hydrogens is 527 g/mol. The molecule has 1 fully saturated rings. The molecule has 14 heteroatoms. The van der Waals surface area contributed by atoms with E-state index < -0.39 is 35.7 Å². The minimum atomic E-state index is -4.31. The van der Waals surface area contributed by atoms with Gasteiger partial charge in [0.15, 0.2) is 11.4 Å². The fourth-order valence-corrected chi connectivity index (χ4v) is 4.24. The molecule has 10 nitrogen and oxygen atoms in total. The van der Waals surface area contributed by atoms with Crippen LogP contribution in [0.3, 0.4) is 0 Å². The molecule has 0 atom stereocenters. The number of imidazole rings is 1. The highest BCUT2D eigenvalue weighted by Gasteiger charge is 2.33. The SMILES string of the molecule is CCc1nc(C(=O)NCC2(O)CCC(C)CC2)c(C#N)n1-c1cnc(CCC(F)(F)F)cc1OC.O=S=O. The first-order chi connectivity index (χ1) is 17.9. The minimum Gasteiger partial charge on any atom is -0.494 e. The first kappa shape index (κ1) is 30.9. The minimum absolute atomic E-state index is 0.0493. The summed E-state index contributed by atoms with van der Waals surface area (Å²) < 4.78 is 61.2. The summed E-state index contributed by atoms with van der Waals surface area (Å²) in [5.74, 6) is 0.539. The van der Waals surface area contributed by atoms with E-state index >= 15 is 0 Å². The van der Waals surface area contributed by atoms with Gasteiger partial charge in [0, 0.05) is 31.1 Å². The maximum atomic E-state index is 13.0. The van der Waals surface area contributed by atoms with Gasteiger partial charge in [-0.2, -0.15) is 26.9 Å². The second-order valence-corrected chi connectivity index (χ2v) is 9.28. The Hall–Kier alpha value is -3.31. The van der Waals surface area contributed by atoms with Crippen LogP contribution in [0.2, 0.25) is 0 Å². The van der Waals surface area contributed by atoms with Crippen LogP contribution in [-0.2, 0) is 24.4 Å². The van der Waals surface area contributed by atoms with Crippen molar-refractivity contribution in [3.63, 3.8) is 0 Å². The number of carbonyl (C=O) groups excluding carboxylic acids is 1. The number of aliphatic hydroxyl groups is 1. The number of rotatable bonds is 8. The summed E-state index contributed by atoms with van der Waals surface area (Å²) in [6.45, 7) is 3.98. The van der Waals surface area contributed by atoms with Gasteiger partial charge < -0.3 is 15.2 Å². The van der Waals surface area contributed by atoms with Crippen LogP contribution in [0, 0.1) is 17.2 Å². The summed E-state index contributed by atoms with van der Waals surface area (Å²) in [6, 6.07) is 3.40. The molecule has 0 bridgehead atoms. The van der Waals surface area contributed by atoms with Crippen LogP contribution in [0.25, 0.3) is 5.69 Å². The molecule has 2 heterocycles. The number of carbonyl (C=O) groups is 1. The summed E-state index contributed by atoms with van der Waals surface area (Å²) in [6.07, 6.45) is -1.06.